The predicted octanol–water partition coefficient (Wildman–Crippen LogP) is 11.9. The third kappa shape index (κ3) is 10.1. The number of fused-ring (bicyclic) bond motifs is 1. The molecule has 57 heavy (non-hydrogen) atoms. The van der Waals surface area contributed by atoms with Gasteiger partial charge in [0.05, 0.1) is 33.0 Å². The molecule has 2 heterocycles. The van der Waals surface area contributed by atoms with Crippen molar-refractivity contribution in [2.75, 3.05) is 6.61 Å². The summed E-state index contributed by atoms with van der Waals surface area (Å²) in [5.41, 5.74) is 7.79. The minimum atomic E-state index is -0.511. The average molecular weight is 795 g/mol. The number of hydrogen-bond acceptors (Lipinski definition) is 6. The van der Waals surface area contributed by atoms with Gasteiger partial charge in [-0.05, 0) is 69.5 Å². The van der Waals surface area contributed by atoms with Crippen LogP contribution in [0.5, 0.6) is 0 Å². The number of ether oxygens (including phenoxy) is 5. The zero-order valence-electron chi connectivity index (χ0n) is 32.0. The number of thiophene rings is 1. The van der Waals surface area contributed by atoms with E-state index in [-0.39, 0.29) is 0 Å². The van der Waals surface area contributed by atoms with Gasteiger partial charge in [0.1, 0.15) is 30.5 Å². The fraction of sp³-hybridized carbons (Fsp3) is 0.240. The normalized spacial score (nSPS) is 19.5. The third-order valence-corrected chi connectivity index (χ3v) is 12.0. The molecule has 6 aromatic carbocycles. The average Bonchev–Trinajstić information content (AvgIpc) is 3.56. The Kier molecular flexibility index (Phi) is 13.2. The molecule has 7 heteroatoms. The van der Waals surface area contributed by atoms with Gasteiger partial charge < -0.3 is 23.7 Å². The summed E-state index contributed by atoms with van der Waals surface area (Å²) in [6.07, 6.45) is -1.66. The topological polar surface area (TPSA) is 46.2 Å². The Labute approximate surface area is 344 Å². The number of benzene rings is 6. The lowest BCUT2D eigenvalue weighted by atomic mass is 9.89. The predicted molar refractivity (Wildman–Crippen MR) is 230 cm³/mol. The van der Waals surface area contributed by atoms with Crippen LogP contribution in [0.25, 0.3) is 10.1 Å². The van der Waals surface area contributed by atoms with Crippen molar-refractivity contribution in [2.24, 2.45) is 0 Å². The van der Waals surface area contributed by atoms with E-state index in [0.717, 1.165) is 39.3 Å². The SMILES string of the molecule is Cc1c(Cc2cccc([C@@H]3O[C@H](COCc4ccccc4)[C@@H](OCc4ccccc4)[C@H](OCc4ccccc4)[C@H]3OCc3ccccc3)c2)sc2ccc(Cl)cc12. The van der Waals surface area contributed by atoms with Gasteiger partial charge in [0.2, 0.25) is 0 Å². The molecule has 1 aliphatic rings. The summed E-state index contributed by atoms with van der Waals surface area (Å²) in [6, 6.07) is 55.9. The van der Waals surface area contributed by atoms with E-state index in [1.807, 2.05) is 90.2 Å². The molecular weight excluding hydrogens is 748 g/mol. The molecule has 1 aliphatic heterocycles. The van der Waals surface area contributed by atoms with Gasteiger partial charge in [0.15, 0.2) is 0 Å². The van der Waals surface area contributed by atoms with Gasteiger partial charge in [0, 0.05) is 21.0 Å². The van der Waals surface area contributed by atoms with Gasteiger partial charge in [0.25, 0.3) is 0 Å². The Morgan fingerprint density at radius 2 is 1.07 bits per heavy atom. The van der Waals surface area contributed by atoms with Crippen molar-refractivity contribution in [1.29, 1.82) is 0 Å². The minimum absolute atomic E-state index is 0.310. The first-order valence-electron chi connectivity index (χ1n) is 19.6. The lowest BCUT2D eigenvalue weighted by molar-refractivity contribution is -0.275. The Morgan fingerprint density at radius 3 is 1.67 bits per heavy atom. The van der Waals surface area contributed by atoms with Gasteiger partial charge >= 0.3 is 0 Å². The molecule has 0 aliphatic carbocycles. The van der Waals surface area contributed by atoms with Gasteiger partial charge in [-0.25, -0.2) is 0 Å². The molecule has 0 spiro atoms. The van der Waals surface area contributed by atoms with Crippen molar-refractivity contribution in [3.63, 3.8) is 0 Å². The maximum Gasteiger partial charge on any atom is 0.117 e. The van der Waals surface area contributed by atoms with Crippen molar-refractivity contribution in [3.8, 4) is 0 Å². The molecule has 290 valence electrons. The lowest BCUT2D eigenvalue weighted by Gasteiger charge is -2.46. The first kappa shape index (κ1) is 39.2. The second kappa shape index (κ2) is 19.2. The van der Waals surface area contributed by atoms with Crippen LogP contribution in [-0.2, 0) is 56.5 Å². The van der Waals surface area contributed by atoms with Crippen LogP contribution in [0.15, 0.2) is 164 Å². The fourth-order valence-corrected chi connectivity index (χ4v) is 8.93. The van der Waals surface area contributed by atoms with E-state index in [4.69, 9.17) is 35.3 Å². The van der Waals surface area contributed by atoms with Gasteiger partial charge in [-0.2, -0.15) is 0 Å². The second-order valence-corrected chi connectivity index (χ2v) is 16.2. The third-order valence-electron chi connectivity index (χ3n) is 10.5. The van der Waals surface area contributed by atoms with Crippen LogP contribution in [0.1, 0.15) is 49.9 Å². The molecule has 5 nitrogen and oxygen atoms in total. The molecule has 0 N–H and O–H groups in total. The van der Waals surface area contributed by atoms with Crippen molar-refractivity contribution >= 4 is 33.0 Å². The zero-order valence-corrected chi connectivity index (χ0v) is 33.6. The first-order valence-corrected chi connectivity index (χ1v) is 20.8. The summed E-state index contributed by atoms with van der Waals surface area (Å²) < 4.78 is 35.8. The lowest BCUT2D eigenvalue weighted by Crippen LogP contribution is -2.58. The van der Waals surface area contributed by atoms with Crippen molar-refractivity contribution in [2.45, 2.75) is 70.3 Å². The quantitative estimate of drug-likeness (QED) is 0.0975. The molecule has 1 aromatic heterocycles. The zero-order chi connectivity index (χ0) is 38.8. The Balaban J connectivity index is 1.15. The van der Waals surface area contributed by atoms with E-state index in [9.17, 15) is 0 Å². The summed E-state index contributed by atoms with van der Waals surface area (Å²) in [7, 11) is 0. The van der Waals surface area contributed by atoms with E-state index in [1.165, 1.54) is 26.1 Å². The van der Waals surface area contributed by atoms with Crippen LogP contribution in [0.2, 0.25) is 5.02 Å². The molecule has 1 saturated heterocycles. The number of hydrogen-bond donors (Lipinski definition) is 0. The highest BCUT2D eigenvalue weighted by Gasteiger charge is 2.49. The van der Waals surface area contributed by atoms with Crippen molar-refractivity contribution in [3.05, 3.63) is 213 Å². The first-order chi connectivity index (χ1) is 28.1. The number of rotatable bonds is 16. The highest BCUT2D eigenvalue weighted by molar-refractivity contribution is 7.19. The van der Waals surface area contributed by atoms with E-state index in [2.05, 4.69) is 91.9 Å². The molecule has 5 atom stereocenters. The summed E-state index contributed by atoms with van der Waals surface area (Å²) in [6.45, 7) is 4.12. The Bertz CT molecular complexity index is 2300. The van der Waals surface area contributed by atoms with Crippen LogP contribution >= 0.6 is 22.9 Å². The minimum Gasteiger partial charge on any atom is -0.374 e. The molecule has 8 rings (SSSR count). The molecule has 0 unspecified atom stereocenters. The highest BCUT2D eigenvalue weighted by Crippen LogP contribution is 2.40. The summed E-state index contributed by atoms with van der Waals surface area (Å²) >= 11 is 8.22. The van der Waals surface area contributed by atoms with Crippen LogP contribution in [-0.4, -0.2) is 31.0 Å². The number of halogens is 1. The molecule has 0 saturated carbocycles. The molecule has 1 fully saturated rings. The van der Waals surface area contributed by atoms with Crippen LogP contribution in [0, 0.1) is 6.92 Å². The number of aryl methyl sites for hydroxylation is 1. The van der Waals surface area contributed by atoms with Gasteiger partial charge in [-0.3, -0.25) is 0 Å². The highest BCUT2D eigenvalue weighted by atomic mass is 35.5. The maximum atomic E-state index is 7.22. The molecular formula is C50H47ClO5S. The van der Waals surface area contributed by atoms with Crippen molar-refractivity contribution < 1.29 is 23.7 Å². The van der Waals surface area contributed by atoms with Crippen LogP contribution < -0.4 is 0 Å². The van der Waals surface area contributed by atoms with E-state index >= 15 is 0 Å². The van der Waals surface area contributed by atoms with Crippen LogP contribution in [0.4, 0.5) is 0 Å². The Hall–Kier alpha value is -4.63. The maximum absolute atomic E-state index is 7.22. The largest absolute Gasteiger partial charge is 0.374 e. The van der Waals surface area contributed by atoms with E-state index < -0.39 is 30.5 Å². The summed E-state index contributed by atoms with van der Waals surface area (Å²) in [5.74, 6) is 0. The van der Waals surface area contributed by atoms with Gasteiger partial charge in [-0.1, -0.05) is 157 Å². The molecule has 0 bridgehead atoms. The van der Waals surface area contributed by atoms with Crippen LogP contribution in [0.3, 0.4) is 0 Å². The fourth-order valence-electron chi connectivity index (χ4n) is 7.54. The monoisotopic (exact) mass is 794 g/mol. The standard InChI is InChI=1S/C50H47ClO5S/c1-35-43-29-42(51)25-26-45(43)57-46(35)28-40-23-14-24-41(27-40)47-49(54-32-38-19-10-4-11-20-38)50(55-33-39-21-12-5-13-22-39)48(53-31-37-17-8-3-9-18-37)44(56-47)34-52-30-36-15-6-2-7-16-36/h2-27,29,44,47-50H,28,30-34H2,1H3/t44-,47+,48-,49+,50+/m1/s1. The second-order valence-electron chi connectivity index (χ2n) is 14.6. The van der Waals surface area contributed by atoms with E-state index in [0.29, 0.717) is 33.0 Å². The molecule has 0 radical (unpaired) electrons. The smallest absolute Gasteiger partial charge is 0.117 e. The molecule has 7 aromatic rings. The molecule has 0 amide bonds. The van der Waals surface area contributed by atoms with Gasteiger partial charge in [-0.15, -0.1) is 11.3 Å². The van der Waals surface area contributed by atoms with E-state index in [1.54, 1.807) is 0 Å². The summed E-state index contributed by atoms with van der Waals surface area (Å²) in [5, 5.41) is 1.97. The Morgan fingerprint density at radius 1 is 0.544 bits per heavy atom. The van der Waals surface area contributed by atoms with Crippen molar-refractivity contribution in [1.82, 2.24) is 0 Å². The summed E-state index contributed by atoms with van der Waals surface area (Å²) in [4.78, 5) is 1.32.